The molecule has 0 bridgehead atoms. The van der Waals surface area contributed by atoms with E-state index in [0.717, 1.165) is 19.5 Å². The van der Waals surface area contributed by atoms with Crippen molar-refractivity contribution < 1.29 is 0 Å². The molecule has 0 aromatic carbocycles. The fourth-order valence-corrected chi connectivity index (χ4v) is 5.01. The largest absolute Gasteiger partial charge is 0.326 e. The Labute approximate surface area is 125 Å². The molecule has 0 aliphatic carbocycles. The van der Waals surface area contributed by atoms with Crippen LogP contribution in [0.3, 0.4) is 0 Å². The van der Waals surface area contributed by atoms with E-state index in [1.807, 2.05) is 11.3 Å². The molecule has 0 amide bonds. The summed E-state index contributed by atoms with van der Waals surface area (Å²) in [5.74, 6) is 1.21. The van der Waals surface area contributed by atoms with Crippen molar-refractivity contribution in [3.8, 4) is 0 Å². The monoisotopic (exact) mass is 298 g/mol. The van der Waals surface area contributed by atoms with Gasteiger partial charge in [0.2, 0.25) is 0 Å². The minimum atomic E-state index is 0.233. The number of thiophene rings is 1. The van der Waals surface area contributed by atoms with Crippen LogP contribution in [0.1, 0.15) is 43.0 Å². The smallest absolute Gasteiger partial charge is 0.0594 e. The maximum Gasteiger partial charge on any atom is 0.0594 e. The summed E-state index contributed by atoms with van der Waals surface area (Å²) in [6.45, 7) is 11.4. The van der Waals surface area contributed by atoms with Gasteiger partial charge in [-0.3, -0.25) is 4.90 Å². The molecule has 2 heterocycles. The highest BCUT2D eigenvalue weighted by molar-refractivity contribution is 8.00. The maximum absolute atomic E-state index is 6.44. The second-order valence-corrected chi connectivity index (χ2v) is 9.17. The normalized spacial score (nSPS) is 23.2. The highest BCUT2D eigenvalue weighted by Gasteiger charge is 2.34. The number of hydrogen-bond acceptors (Lipinski definition) is 4. The minimum Gasteiger partial charge on any atom is -0.326 e. The third-order valence-corrected chi connectivity index (χ3v) is 6.15. The van der Waals surface area contributed by atoms with Crippen molar-refractivity contribution in [3.63, 3.8) is 0 Å². The van der Waals surface area contributed by atoms with Crippen LogP contribution in [0.25, 0.3) is 0 Å². The topological polar surface area (TPSA) is 29.3 Å². The Kier molecular flexibility index (Phi) is 4.99. The van der Waals surface area contributed by atoms with Gasteiger partial charge >= 0.3 is 0 Å². The fourth-order valence-electron chi connectivity index (χ4n) is 2.79. The Bertz CT molecular complexity index is 414. The summed E-state index contributed by atoms with van der Waals surface area (Å²) in [6.07, 6.45) is 1.03. The molecular weight excluding hydrogens is 272 g/mol. The first-order chi connectivity index (χ1) is 8.93. The second kappa shape index (κ2) is 6.17. The van der Waals surface area contributed by atoms with Gasteiger partial charge in [-0.1, -0.05) is 6.92 Å². The molecule has 19 heavy (non-hydrogen) atoms. The fraction of sp³-hybridized carbons (Fsp3) is 0.733. The van der Waals surface area contributed by atoms with Crippen LogP contribution in [0.15, 0.2) is 12.1 Å². The molecule has 1 saturated heterocycles. The van der Waals surface area contributed by atoms with Gasteiger partial charge in [-0.05, 0) is 39.3 Å². The molecule has 1 aliphatic rings. The van der Waals surface area contributed by atoms with Crippen molar-refractivity contribution in [1.29, 1.82) is 0 Å². The lowest BCUT2D eigenvalue weighted by Crippen LogP contribution is -2.49. The van der Waals surface area contributed by atoms with Crippen molar-refractivity contribution in [2.75, 3.05) is 18.8 Å². The first-order valence-electron chi connectivity index (χ1n) is 7.13. The lowest BCUT2D eigenvalue weighted by Gasteiger charge is -2.43. The Morgan fingerprint density at radius 1 is 1.42 bits per heavy atom. The Balaban J connectivity index is 2.22. The third-order valence-electron chi connectivity index (χ3n) is 3.78. The van der Waals surface area contributed by atoms with Crippen molar-refractivity contribution in [1.82, 2.24) is 4.90 Å². The molecule has 2 N–H and O–H groups in total. The van der Waals surface area contributed by atoms with Crippen molar-refractivity contribution >= 4 is 23.1 Å². The number of rotatable bonds is 4. The van der Waals surface area contributed by atoms with Gasteiger partial charge in [0.05, 0.1) is 6.04 Å². The van der Waals surface area contributed by atoms with E-state index < -0.39 is 0 Å². The summed E-state index contributed by atoms with van der Waals surface area (Å²) >= 11 is 3.99. The van der Waals surface area contributed by atoms with Gasteiger partial charge in [0, 0.05) is 39.4 Å². The van der Waals surface area contributed by atoms with Crippen LogP contribution in [-0.4, -0.2) is 34.5 Å². The van der Waals surface area contributed by atoms with Crippen LogP contribution < -0.4 is 5.73 Å². The SMILES string of the molecule is CCC(N)C(c1ccc(C)s1)N1CCSC(C)(C)C1. The molecule has 1 fully saturated rings. The molecule has 2 unspecified atom stereocenters. The highest BCUT2D eigenvalue weighted by atomic mass is 32.2. The van der Waals surface area contributed by atoms with Crippen LogP contribution in [-0.2, 0) is 0 Å². The van der Waals surface area contributed by atoms with E-state index in [1.54, 1.807) is 0 Å². The van der Waals surface area contributed by atoms with Gasteiger partial charge < -0.3 is 5.73 Å². The molecule has 0 saturated carbocycles. The molecule has 1 aliphatic heterocycles. The summed E-state index contributed by atoms with van der Waals surface area (Å²) in [6, 6.07) is 5.12. The molecule has 1 aromatic heterocycles. The maximum atomic E-state index is 6.44. The zero-order chi connectivity index (χ0) is 14.0. The Morgan fingerprint density at radius 2 is 2.16 bits per heavy atom. The minimum absolute atomic E-state index is 0.233. The average Bonchev–Trinajstić information content (AvgIpc) is 2.74. The molecule has 1 aromatic rings. The zero-order valence-corrected chi connectivity index (χ0v) is 14.1. The quantitative estimate of drug-likeness (QED) is 0.920. The number of nitrogens with two attached hydrogens (primary N) is 1. The molecule has 0 radical (unpaired) electrons. The van der Waals surface area contributed by atoms with Crippen LogP contribution in [0.2, 0.25) is 0 Å². The molecule has 2 rings (SSSR count). The van der Waals surface area contributed by atoms with Gasteiger partial charge in [0.1, 0.15) is 0 Å². The summed E-state index contributed by atoms with van der Waals surface area (Å²) < 4.78 is 0.344. The van der Waals surface area contributed by atoms with Gasteiger partial charge in [-0.15, -0.1) is 11.3 Å². The van der Waals surface area contributed by atoms with Gasteiger partial charge in [0.15, 0.2) is 0 Å². The molecular formula is C15H26N2S2. The van der Waals surface area contributed by atoms with E-state index >= 15 is 0 Å². The zero-order valence-electron chi connectivity index (χ0n) is 12.5. The first kappa shape index (κ1) is 15.4. The molecule has 2 atom stereocenters. The van der Waals surface area contributed by atoms with Crippen LogP contribution in [0.5, 0.6) is 0 Å². The van der Waals surface area contributed by atoms with E-state index in [9.17, 15) is 0 Å². The second-order valence-electron chi connectivity index (χ2n) is 6.04. The van der Waals surface area contributed by atoms with Gasteiger partial charge in [-0.25, -0.2) is 0 Å². The molecule has 0 spiro atoms. The number of hydrogen-bond donors (Lipinski definition) is 1. The van der Waals surface area contributed by atoms with Gasteiger partial charge in [-0.2, -0.15) is 11.8 Å². The van der Waals surface area contributed by atoms with E-state index in [-0.39, 0.29) is 6.04 Å². The summed E-state index contributed by atoms with van der Waals surface area (Å²) in [5.41, 5.74) is 6.44. The Morgan fingerprint density at radius 3 is 2.68 bits per heavy atom. The van der Waals surface area contributed by atoms with Crippen molar-refractivity contribution in [3.05, 3.63) is 21.9 Å². The third kappa shape index (κ3) is 3.75. The lowest BCUT2D eigenvalue weighted by molar-refractivity contribution is 0.164. The summed E-state index contributed by atoms with van der Waals surface area (Å²) in [7, 11) is 0. The lowest BCUT2D eigenvalue weighted by atomic mass is 10.0. The predicted molar refractivity (Wildman–Crippen MR) is 88.2 cm³/mol. The predicted octanol–water partition coefficient (Wildman–Crippen LogP) is 3.66. The summed E-state index contributed by atoms with van der Waals surface area (Å²) in [5, 5.41) is 0. The van der Waals surface area contributed by atoms with Crippen LogP contribution >= 0.6 is 23.1 Å². The molecule has 2 nitrogen and oxygen atoms in total. The van der Waals surface area contributed by atoms with Gasteiger partial charge in [0.25, 0.3) is 0 Å². The van der Waals surface area contributed by atoms with E-state index in [4.69, 9.17) is 5.73 Å². The highest BCUT2D eigenvalue weighted by Crippen LogP contribution is 2.37. The number of aryl methyl sites for hydroxylation is 1. The van der Waals surface area contributed by atoms with E-state index in [1.165, 1.54) is 15.5 Å². The Hall–Kier alpha value is -0.0300. The van der Waals surface area contributed by atoms with E-state index in [0.29, 0.717) is 10.8 Å². The van der Waals surface area contributed by atoms with Crippen LogP contribution in [0.4, 0.5) is 0 Å². The van der Waals surface area contributed by atoms with Crippen molar-refractivity contribution in [2.24, 2.45) is 5.73 Å². The summed E-state index contributed by atoms with van der Waals surface area (Å²) in [4.78, 5) is 5.43. The van der Waals surface area contributed by atoms with Crippen LogP contribution in [0, 0.1) is 6.92 Å². The van der Waals surface area contributed by atoms with E-state index in [2.05, 4.69) is 56.5 Å². The number of nitrogens with zero attached hydrogens (tertiary/aromatic N) is 1. The molecule has 4 heteroatoms. The first-order valence-corrected chi connectivity index (χ1v) is 8.93. The average molecular weight is 299 g/mol. The van der Waals surface area contributed by atoms with Crippen molar-refractivity contribution in [2.45, 2.75) is 50.9 Å². The molecule has 108 valence electrons. The standard InChI is InChI=1S/C15H26N2S2/c1-5-12(16)14(13-7-6-11(2)19-13)17-8-9-18-15(3,4)10-17/h6-7,12,14H,5,8-10,16H2,1-4H3. The number of thioether (sulfide) groups is 1.